The quantitative estimate of drug-likeness (QED) is 0.557. The summed E-state index contributed by atoms with van der Waals surface area (Å²) in [5, 5.41) is 0. The molecule has 94 valence electrons. The van der Waals surface area contributed by atoms with Crippen LogP contribution in [-0.2, 0) is 9.78 Å². The normalized spacial score (nSPS) is 11.8. The molecule has 1 heterocycles. The van der Waals surface area contributed by atoms with Gasteiger partial charge in [-0.15, -0.1) is 0 Å². The van der Waals surface area contributed by atoms with Crippen molar-refractivity contribution in [1.82, 2.24) is 9.55 Å². The first-order valence-corrected chi connectivity index (χ1v) is 5.58. The summed E-state index contributed by atoms with van der Waals surface area (Å²) in [5.74, 6) is 0. The van der Waals surface area contributed by atoms with Crippen LogP contribution in [0.2, 0.25) is 0 Å². The van der Waals surface area contributed by atoms with Gasteiger partial charge in [-0.25, -0.2) is 14.8 Å². The number of aryl methyl sites for hydroxylation is 1. The Morgan fingerprint density at radius 1 is 1.59 bits per heavy atom. The van der Waals surface area contributed by atoms with Gasteiger partial charge in [0.05, 0.1) is 7.11 Å². The van der Waals surface area contributed by atoms with E-state index < -0.39 is 0 Å². The highest BCUT2D eigenvalue weighted by Crippen LogP contribution is 2.00. The number of aromatic nitrogens is 2. The van der Waals surface area contributed by atoms with Crippen LogP contribution in [0.3, 0.4) is 0 Å². The molecule has 1 rings (SSSR count). The summed E-state index contributed by atoms with van der Waals surface area (Å²) in [5.41, 5.74) is 2.42. The summed E-state index contributed by atoms with van der Waals surface area (Å²) < 4.78 is 1.82. The minimum atomic E-state index is 0.279. The molecule has 0 amide bonds. The second-order valence-electron chi connectivity index (χ2n) is 3.68. The molecule has 0 saturated heterocycles. The van der Waals surface area contributed by atoms with Crippen molar-refractivity contribution < 1.29 is 9.78 Å². The SMILES string of the molecule is C=C(COOC)n1cc(C)cn/c1=N/CCC. The maximum absolute atomic E-state index is 4.86. The molecule has 0 bridgehead atoms. The molecule has 1 aromatic heterocycles. The van der Waals surface area contributed by atoms with Crippen LogP contribution < -0.4 is 5.62 Å². The number of nitrogens with zero attached hydrogens (tertiary/aromatic N) is 3. The molecule has 0 aliphatic carbocycles. The predicted molar refractivity (Wildman–Crippen MR) is 66.0 cm³/mol. The van der Waals surface area contributed by atoms with Crippen LogP contribution in [0.4, 0.5) is 0 Å². The summed E-state index contributed by atoms with van der Waals surface area (Å²) in [6.45, 7) is 9.00. The molecule has 1 aromatic rings. The van der Waals surface area contributed by atoms with Gasteiger partial charge in [-0.3, -0.25) is 9.56 Å². The smallest absolute Gasteiger partial charge is 0.229 e. The molecule has 5 heteroatoms. The van der Waals surface area contributed by atoms with E-state index in [1.807, 2.05) is 17.7 Å². The van der Waals surface area contributed by atoms with Gasteiger partial charge < -0.3 is 0 Å². The molecule has 0 aliphatic rings. The van der Waals surface area contributed by atoms with Crippen LogP contribution in [-0.4, -0.2) is 29.8 Å². The molecule has 0 fully saturated rings. The molecule has 0 aromatic carbocycles. The number of hydrogen-bond acceptors (Lipinski definition) is 4. The maximum Gasteiger partial charge on any atom is 0.229 e. The minimum Gasteiger partial charge on any atom is -0.288 e. The molecule has 17 heavy (non-hydrogen) atoms. The lowest BCUT2D eigenvalue weighted by Crippen LogP contribution is -2.25. The van der Waals surface area contributed by atoms with Gasteiger partial charge >= 0.3 is 0 Å². The second kappa shape index (κ2) is 6.98. The van der Waals surface area contributed by atoms with Crippen molar-refractivity contribution in [1.29, 1.82) is 0 Å². The zero-order valence-electron chi connectivity index (χ0n) is 10.6. The third kappa shape index (κ3) is 4.13. The highest BCUT2D eigenvalue weighted by Gasteiger charge is 2.01. The lowest BCUT2D eigenvalue weighted by Gasteiger charge is -2.10. The van der Waals surface area contributed by atoms with E-state index in [9.17, 15) is 0 Å². The maximum atomic E-state index is 4.86. The molecule has 0 spiro atoms. The summed E-state index contributed by atoms with van der Waals surface area (Å²) in [4.78, 5) is 18.1. The zero-order chi connectivity index (χ0) is 12.7. The van der Waals surface area contributed by atoms with Gasteiger partial charge in [-0.2, -0.15) is 0 Å². The van der Waals surface area contributed by atoms with Crippen LogP contribution in [0.1, 0.15) is 18.9 Å². The highest BCUT2D eigenvalue weighted by molar-refractivity contribution is 5.41. The average molecular weight is 237 g/mol. The minimum absolute atomic E-state index is 0.279. The Hall–Kier alpha value is -1.46. The highest BCUT2D eigenvalue weighted by atomic mass is 17.2. The summed E-state index contributed by atoms with van der Waals surface area (Å²) >= 11 is 0. The van der Waals surface area contributed by atoms with Gasteiger partial charge in [-0.1, -0.05) is 13.5 Å². The fraction of sp³-hybridized carbons (Fsp3) is 0.500. The lowest BCUT2D eigenvalue weighted by atomic mass is 10.4. The standard InChI is InChI=1S/C12H19N3O2/c1-5-6-13-12-14-7-10(2)8-15(12)11(3)9-17-16-4/h7-8H,3,5-6,9H2,1-2,4H3/b13-12-. The predicted octanol–water partition coefficient (Wildman–Crippen LogP) is 1.55. The van der Waals surface area contributed by atoms with Crippen molar-refractivity contribution in [3.63, 3.8) is 0 Å². The summed E-state index contributed by atoms with van der Waals surface area (Å²) in [6, 6.07) is 0. The van der Waals surface area contributed by atoms with Gasteiger partial charge in [0.1, 0.15) is 6.61 Å². The third-order valence-electron chi connectivity index (χ3n) is 2.09. The van der Waals surface area contributed by atoms with E-state index in [0.717, 1.165) is 24.2 Å². The van der Waals surface area contributed by atoms with Crippen molar-refractivity contribution in [2.75, 3.05) is 20.3 Å². The van der Waals surface area contributed by atoms with E-state index in [1.165, 1.54) is 7.11 Å². The van der Waals surface area contributed by atoms with E-state index in [4.69, 9.17) is 4.89 Å². The van der Waals surface area contributed by atoms with Crippen LogP contribution in [0.15, 0.2) is 24.0 Å². The molecule has 0 aliphatic heterocycles. The summed E-state index contributed by atoms with van der Waals surface area (Å²) in [7, 11) is 1.47. The Bertz CT molecular complexity index is 438. The second-order valence-corrected chi connectivity index (χ2v) is 3.68. The third-order valence-corrected chi connectivity index (χ3v) is 2.09. The van der Waals surface area contributed by atoms with Crippen molar-refractivity contribution in [2.45, 2.75) is 20.3 Å². The molecule has 0 unspecified atom stereocenters. The molecular weight excluding hydrogens is 218 g/mol. The lowest BCUT2D eigenvalue weighted by molar-refractivity contribution is -0.261. The Morgan fingerprint density at radius 3 is 3.00 bits per heavy atom. The van der Waals surface area contributed by atoms with E-state index in [2.05, 4.69) is 28.4 Å². The zero-order valence-corrected chi connectivity index (χ0v) is 10.6. The van der Waals surface area contributed by atoms with E-state index in [1.54, 1.807) is 6.20 Å². The largest absolute Gasteiger partial charge is 0.288 e. The first kappa shape index (κ1) is 13.6. The van der Waals surface area contributed by atoms with Gasteiger partial charge in [0.25, 0.3) is 0 Å². The Morgan fingerprint density at radius 2 is 2.35 bits per heavy atom. The van der Waals surface area contributed by atoms with Crippen molar-refractivity contribution in [2.24, 2.45) is 4.99 Å². The Balaban J connectivity index is 3.02. The molecule has 5 nitrogen and oxygen atoms in total. The molecular formula is C12H19N3O2. The van der Waals surface area contributed by atoms with Crippen LogP contribution in [0.5, 0.6) is 0 Å². The Kier molecular flexibility index (Phi) is 5.59. The first-order valence-electron chi connectivity index (χ1n) is 5.58. The fourth-order valence-electron chi connectivity index (χ4n) is 1.27. The average Bonchev–Trinajstić information content (AvgIpc) is 2.34. The van der Waals surface area contributed by atoms with Gasteiger partial charge in [0.2, 0.25) is 5.62 Å². The molecule has 0 radical (unpaired) electrons. The van der Waals surface area contributed by atoms with E-state index in [-0.39, 0.29) is 6.61 Å². The van der Waals surface area contributed by atoms with Gasteiger partial charge in [-0.05, 0) is 18.9 Å². The molecule has 0 saturated carbocycles. The molecule has 0 N–H and O–H groups in total. The fourth-order valence-corrected chi connectivity index (χ4v) is 1.27. The first-order chi connectivity index (χ1) is 8.19. The summed E-state index contributed by atoms with van der Waals surface area (Å²) in [6.07, 6.45) is 4.70. The van der Waals surface area contributed by atoms with Crippen molar-refractivity contribution >= 4 is 5.70 Å². The van der Waals surface area contributed by atoms with Crippen LogP contribution in [0, 0.1) is 6.92 Å². The van der Waals surface area contributed by atoms with E-state index >= 15 is 0 Å². The van der Waals surface area contributed by atoms with Gasteiger partial charge in [0.15, 0.2) is 0 Å². The van der Waals surface area contributed by atoms with E-state index in [0.29, 0.717) is 5.62 Å². The topological polar surface area (TPSA) is 48.6 Å². The number of rotatable bonds is 6. The van der Waals surface area contributed by atoms with Gasteiger partial charge in [0, 0.05) is 24.6 Å². The monoisotopic (exact) mass is 237 g/mol. The van der Waals surface area contributed by atoms with Crippen LogP contribution in [0.25, 0.3) is 5.70 Å². The number of hydrogen-bond donors (Lipinski definition) is 0. The van der Waals surface area contributed by atoms with Crippen LogP contribution >= 0.6 is 0 Å². The molecule has 0 atom stereocenters. The van der Waals surface area contributed by atoms with Crippen molar-refractivity contribution in [3.8, 4) is 0 Å². The Labute approximate surface area is 101 Å². The van der Waals surface area contributed by atoms with Crippen molar-refractivity contribution in [3.05, 3.63) is 30.2 Å².